The molecule has 4 aromatic heterocycles. The summed E-state index contributed by atoms with van der Waals surface area (Å²) < 4.78 is 11.4. The number of ether oxygens (including phenoxy) is 2. The smallest absolute Gasteiger partial charge is 0.253 e. The molecule has 2 spiro atoms. The van der Waals surface area contributed by atoms with E-state index in [1.54, 1.807) is 0 Å². The van der Waals surface area contributed by atoms with Gasteiger partial charge in [0.25, 0.3) is 11.8 Å². The van der Waals surface area contributed by atoms with Gasteiger partial charge in [-0.1, -0.05) is 11.6 Å². The third-order valence-corrected chi connectivity index (χ3v) is 12.4. The highest BCUT2D eigenvalue weighted by Gasteiger charge is 2.53. The van der Waals surface area contributed by atoms with Gasteiger partial charge in [-0.05, 0) is 104 Å². The molecule has 7 aliphatic rings. The van der Waals surface area contributed by atoms with E-state index in [9.17, 15) is 9.59 Å². The van der Waals surface area contributed by atoms with Gasteiger partial charge in [0.15, 0.2) is 11.5 Å². The molecule has 5 aromatic rings. The molecule has 0 radical (unpaired) electrons. The van der Waals surface area contributed by atoms with Crippen molar-refractivity contribution >= 4 is 23.4 Å². The Morgan fingerprint density at radius 2 is 1.24 bits per heavy atom. The van der Waals surface area contributed by atoms with Crippen LogP contribution in [0.4, 0.5) is 0 Å². The first-order valence-corrected chi connectivity index (χ1v) is 18.4. The normalized spacial score (nSPS) is 19.9. The predicted octanol–water partition coefficient (Wildman–Crippen LogP) is 5.99. The molecule has 11 heteroatoms. The number of nitrogens with zero attached hydrogens (tertiary/aromatic N) is 2. The number of hydrogen-bond donors (Lipinski definition) is 4. The SMILES string of the molecule is O=C1NCC2(CC2)c2[nH]c3c(c21)CCc1cnc(-c2ccc4c(c2)OCCO4)cc1-3.O=C1NCC2(CC2)c2[nH]c3c(c21)CCc1cnc(Cl)cc1-3. The fourth-order valence-corrected chi connectivity index (χ4v) is 9.19. The fraction of sp³-hybridized carbons (Fsp3) is 0.350. The molecule has 10 nitrogen and oxygen atoms in total. The van der Waals surface area contributed by atoms with Crippen LogP contribution >= 0.6 is 11.6 Å². The Kier molecular flexibility index (Phi) is 6.09. The lowest BCUT2D eigenvalue weighted by molar-refractivity contribution is 0.0928. The monoisotopic (exact) mass is 698 g/mol. The van der Waals surface area contributed by atoms with Crippen molar-refractivity contribution in [1.29, 1.82) is 0 Å². The van der Waals surface area contributed by atoms with E-state index >= 15 is 0 Å². The fourth-order valence-electron chi connectivity index (χ4n) is 9.03. The summed E-state index contributed by atoms with van der Waals surface area (Å²) in [6.07, 6.45) is 12.0. The van der Waals surface area contributed by atoms with Gasteiger partial charge in [-0.3, -0.25) is 14.6 Å². The Morgan fingerprint density at radius 3 is 1.84 bits per heavy atom. The maximum absolute atomic E-state index is 12.7. The van der Waals surface area contributed by atoms with Crippen LogP contribution in [0.15, 0.2) is 42.7 Å². The van der Waals surface area contributed by atoms with Gasteiger partial charge in [-0.2, -0.15) is 0 Å². The third-order valence-electron chi connectivity index (χ3n) is 12.2. The zero-order valence-electron chi connectivity index (χ0n) is 27.9. The van der Waals surface area contributed by atoms with Gasteiger partial charge in [0, 0.05) is 64.4 Å². The number of pyridine rings is 2. The number of hydrogen-bond acceptors (Lipinski definition) is 6. The van der Waals surface area contributed by atoms with Crippen LogP contribution in [-0.2, 0) is 36.5 Å². The lowest BCUT2D eigenvalue weighted by atomic mass is 9.86. The van der Waals surface area contributed by atoms with E-state index in [1.165, 1.54) is 16.7 Å². The number of amides is 2. The second-order valence-corrected chi connectivity index (χ2v) is 15.5. The number of nitrogens with one attached hydrogen (secondary N) is 4. The quantitative estimate of drug-likeness (QED) is 0.159. The number of H-pyrrole nitrogens is 2. The van der Waals surface area contributed by atoms with Crippen molar-refractivity contribution in [3.05, 3.63) is 92.6 Å². The first-order valence-electron chi connectivity index (χ1n) is 18.0. The summed E-state index contributed by atoms with van der Waals surface area (Å²) in [7, 11) is 0. The maximum Gasteiger partial charge on any atom is 0.253 e. The molecule has 0 atom stereocenters. The summed E-state index contributed by atoms with van der Waals surface area (Å²) in [6.45, 7) is 2.67. The molecule has 0 unspecified atom stereocenters. The van der Waals surface area contributed by atoms with E-state index in [0.717, 1.165) is 138 Å². The van der Waals surface area contributed by atoms with Crippen LogP contribution in [-0.4, -0.2) is 58.1 Å². The third kappa shape index (κ3) is 4.41. The van der Waals surface area contributed by atoms with Crippen molar-refractivity contribution in [2.75, 3.05) is 26.3 Å². The van der Waals surface area contributed by atoms with Crippen molar-refractivity contribution in [3.8, 4) is 45.3 Å². The first kappa shape index (κ1) is 29.6. The summed E-state index contributed by atoms with van der Waals surface area (Å²) in [5, 5.41) is 6.69. The largest absolute Gasteiger partial charge is 0.486 e. The van der Waals surface area contributed by atoms with Crippen LogP contribution in [0.5, 0.6) is 11.5 Å². The number of rotatable bonds is 1. The Morgan fingerprint density at radius 1 is 0.667 bits per heavy atom. The molecule has 2 fully saturated rings. The van der Waals surface area contributed by atoms with Crippen LogP contribution in [0, 0.1) is 0 Å². The molecular weight excluding hydrogens is 664 g/mol. The molecule has 12 rings (SSSR count). The molecular formula is C40H35ClN6O4. The lowest BCUT2D eigenvalue weighted by Gasteiger charge is -2.23. The number of benzene rings is 1. The van der Waals surface area contributed by atoms with E-state index in [0.29, 0.717) is 18.4 Å². The molecule has 4 N–H and O–H groups in total. The maximum atomic E-state index is 12.7. The second-order valence-electron chi connectivity index (χ2n) is 15.1. The average molecular weight is 699 g/mol. The molecule has 0 bridgehead atoms. The minimum Gasteiger partial charge on any atom is -0.486 e. The highest BCUT2D eigenvalue weighted by molar-refractivity contribution is 6.29. The number of aromatic amines is 2. The number of carbonyl (C=O) groups is 2. The Labute approximate surface area is 298 Å². The number of halogens is 1. The molecule has 256 valence electrons. The number of aromatic nitrogens is 4. The summed E-state index contributed by atoms with van der Waals surface area (Å²) in [5.41, 5.74) is 15.5. The van der Waals surface area contributed by atoms with Crippen LogP contribution in [0.25, 0.3) is 33.8 Å². The van der Waals surface area contributed by atoms with E-state index < -0.39 is 0 Å². The first-order chi connectivity index (χ1) is 24.9. The van der Waals surface area contributed by atoms with Crippen LogP contribution in [0.1, 0.15) is 80.0 Å². The van der Waals surface area contributed by atoms with E-state index in [2.05, 4.69) is 31.7 Å². The molecule has 3 aliphatic heterocycles. The number of fused-ring (bicyclic) bond motifs is 13. The molecule has 2 saturated carbocycles. The summed E-state index contributed by atoms with van der Waals surface area (Å²) in [5.74, 6) is 1.69. The summed E-state index contributed by atoms with van der Waals surface area (Å²) in [6, 6.07) is 10.0. The van der Waals surface area contributed by atoms with Gasteiger partial charge in [0.05, 0.1) is 28.2 Å². The van der Waals surface area contributed by atoms with Crippen molar-refractivity contribution in [2.24, 2.45) is 0 Å². The molecule has 7 heterocycles. The zero-order chi connectivity index (χ0) is 34.1. The van der Waals surface area contributed by atoms with Gasteiger partial charge in [0.2, 0.25) is 0 Å². The van der Waals surface area contributed by atoms with Gasteiger partial charge in [-0.25, -0.2) is 4.98 Å². The topological polar surface area (TPSA) is 134 Å². The highest BCUT2D eigenvalue weighted by atomic mass is 35.5. The highest BCUT2D eigenvalue weighted by Crippen LogP contribution is 2.54. The average Bonchev–Trinajstić information content (AvgIpc) is 4.04. The lowest BCUT2D eigenvalue weighted by Crippen LogP contribution is -2.39. The minimum absolute atomic E-state index is 0.0728. The molecule has 2 amide bonds. The number of aryl methyl sites for hydroxylation is 2. The number of carbonyl (C=O) groups excluding carboxylic acids is 2. The summed E-state index contributed by atoms with van der Waals surface area (Å²) >= 11 is 6.06. The Hall–Kier alpha value is -5.09. The van der Waals surface area contributed by atoms with Crippen LogP contribution in [0.3, 0.4) is 0 Å². The minimum atomic E-state index is 0.0728. The van der Waals surface area contributed by atoms with Crippen molar-refractivity contribution in [3.63, 3.8) is 0 Å². The Bertz CT molecular complexity index is 2370. The standard InChI is InChI=1S/C24H21N3O3.C16H14ClN3O/c28-23-20-15-3-1-14-11-25-17(13-2-4-18-19(9-13)30-8-7-29-18)10-16(14)21(15)27-22(20)24(5-6-24)12-26-23;17-11-5-10-8(6-18-11)1-2-9-12-14(20-13(9)10)16(3-4-16)7-19-15(12)21/h2,4,9-11,27H,1,3,5-8,12H2,(H,26,28);5-6,20H,1-4,7H2,(H,19,21). The second kappa shape index (κ2) is 10.5. The van der Waals surface area contributed by atoms with Gasteiger partial charge in [0.1, 0.15) is 18.4 Å². The van der Waals surface area contributed by atoms with Gasteiger partial charge in [-0.15, -0.1) is 0 Å². The predicted molar refractivity (Wildman–Crippen MR) is 191 cm³/mol. The molecule has 1 aromatic carbocycles. The van der Waals surface area contributed by atoms with E-state index in [-0.39, 0.29) is 22.6 Å². The van der Waals surface area contributed by atoms with Crippen molar-refractivity contribution in [1.82, 2.24) is 30.6 Å². The molecule has 4 aliphatic carbocycles. The van der Waals surface area contributed by atoms with Gasteiger partial charge < -0.3 is 30.1 Å². The zero-order valence-corrected chi connectivity index (χ0v) is 28.7. The van der Waals surface area contributed by atoms with Crippen LogP contribution < -0.4 is 20.1 Å². The van der Waals surface area contributed by atoms with Gasteiger partial charge >= 0.3 is 0 Å². The van der Waals surface area contributed by atoms with Crippen molar-refractivity contribution in [2.45, 2.75) is 62.2 Å². The summed E-state index contributed by atoms with van der Waals surface area (Å²) in [4.78, 5) is 41.2. The van der Waals surface area contributed by atoms with E-state index in [4.69, 9.17) is 26.1 Å². The van der Waals surface area contributed by atoms with Crippen LogP contribution in [0.2, 0.25) is 5.15 Å². The van der Waals surface area contributed by atoms with Crippen molar-refractivity contribution < 1.29 is 19.1 Å². The molecule has 51 heavy (non-hydrogen) atoms. The Balaban J connectivity index is 0.000000130. The molecule has 0 saturated heterocycles. The van der Waals surface area contributed by atoms with E-state index in [1.807, 2.05) is 36.7 Å².